The Balaban J connectivity index is 2.02. The van der Waals surface area contributed by atoms with Crippen LogP contribution in [-0.4, -0.2) is 50.9 Å². The number of alkyl halides is 2. The third-order valence-electron chi connectivity index (χ3n) is 4.05. The van der Waals surface area contributed by atoms with Crippen molar-refractivity contribution < 1.29 is 13.6 Å². The van der Waals surface area contributed by atoms with Crippen molar-refractivity contribution in [1.29, 1.82) is 0 Å². The van der Waals surface area contributed by atoms with Crippen LogP contribution in [0, 0.1) is 6.92 Å². The van der Waals surface area contributed by atoms with Crippen LogP contribution in [0.15, 0.2) is 30.6 Å². The molecule has 2 N–H and O–H groups in total. The normalized spacial score (nSPS) is 20.0. The van der Waals surface area contributed by atoms with E-state index >= 15 is 0 Å². The minimum Gasteiger partial charge on any atom is -0.328 e. The first-order valence-corrected chi connectivity index (χ1v) is 7.30. The summed E-state index contributed by atoms with van der Waals surface area (Å²) < 4.78 is 27.8. The maximum atomic E-state index is 13.9. The van der Waals surface area contributed by atoms with E-state index in [2.05, 4.69) is 10.2 Å². The van der Waals surface area contributed by atoms with Gasteiger partial charge in [-0.25, -0.2) is 8.78 Å². The number of likely N-dealkylation sites (tertiary alicyclic amines) is 1. The molecule has 6 nitrogen and oxygen atoms in total. The summed E-state index contributed by atoms with van der Waals surface area (Å²) in [6.07, 6.45) is 2.60. The lowest BCUT2D eigenvalue weighted by molar-refractivity contribution is -0.0261. The summed E-state index contributed by atoms with van der Waals surface area (Å²) in [6, 6.07) is 3.89. The van der Waals surface area contributed by atoms with Crippen LogP contribution in [0.25, 0.3) is 5.69 Å². The Hall–Kier alpha value is -2.35. The van der Waals surface area contributed by atoms with E-state index in [0.29, 0.717) is 5.69 Å². The Kier molecular flexibility index (Phi) is 3.85. The number of hydrogen-bond acceptors (Lipinski definition) is 4. The maximum Gasteiger partial charge on any atom is 0.271 e. The van der Waals surface area contributed by atoms with Crippen LogP contribution in [0.4, 0.5) is 8.78 Å². The Morgan fingerprint density at radius 2 is 2.09 bits per heavy atom. The number of aryl methyl sites for hydroxylation is 1. The fourth-order valence-corrected chi connectivity index (χ4v) is 2.85. The molecule has 1 aliphatic rings. The highest BCUT2D eigenvalue weighted by Gasteiger charge is 2.50. The molecule has 1 saturated heterocycles. The van der Waals surface area contributed by atoms with E-state index in [4.69, 9.17) is 5.73 Å². The second-order valence-electron chi connectivity index (χ2n) is 5.60. The van der Waals surface area contributed by atoms with E-state index in [-0.39, 0.29) is 25.1 Å². The zero-order chi connectivity index (χ0) is 16.6. The van der Waals surface area contributed by atoms with Gasteiger partial charge in [0.15, 0.2) is 0 Å². The molecule has 0 bridgehead atoms. The van der Waals surface area contributed by atoms with Gasteiger partial charge >= 0.3 is 0 Å². The SMILES string of the molecule is Cc1ccc(-n2nccn2)c(C(=O)N2CCC(F)(F)C2CN)c1. The number of halogens is 2. The van der Waals surface area contributed by atoms with Crippen molar-refractivity contribution in [3.8, 4) is 5.69 Å². The number of aromatic nitrogens is 3. The average molecular weight is 321 g/mol. The van der Waals surface area contributed by atoms with Crippen molar-refractivity contribution in [3.63, 3.8) is 0 Å². The molecule has 1 aromatic carbocycles. The van der Waals surface area contributed by atoms with Crippen LogP contribution < -0.4 is 5.73 Å². The van der Waals surface area contributed by atoms with Crippen LogP contribution in [0.1, 0.15) is 22.3 Å². The van der Waals surface area contributed by atoms with E-state index in [1.807, 2.05) is 13.0 Å². The highest BCUT2D eigenvalue weighted by molar-refractivity contribution is 5.98. The standard InChI is InChI=1S/C15H17F2N5O/c1-10-2-3-12(22-19-5-6-20-22)11(8-10)14(23)21-7-4-15(16,17)13(21)9-18/h2-3,5-6,8,13H,4,7,9,18H2,1H3. The fraction of sp³-hybridized carbons (Fsp3) is 0.400. The number of rotatable bonds is 3. The molecule has 0 aliphatic carbocycles. The zero-order valence-corrected chi connectivity index (χ0v) is 12.6. The molecule has 2 aromatic rings. The summed E-state index contributed by atoms with van der Waals surface area (Å²) in [6.45, 7) is 1.53. The molecule has 1 fully saturated rings. The first kappa shape index (κ1) is 15.5. The number of hydrogen-bond donors (Lipinski definition) is 1. The molecule has 1 aromatic heterocycles. The van der Waals surface area contributed by atoms with Gasteiger partial charge in [0.1, 0.15) is 6.04 Å². The first-order chi connectivity index (χ1) is 10.9. The molecular weight excluding hydrogens is 304 g/mol. The summed E-state index contributed by atoms with van der Waals surface area (Å²) >= 11 is 0. The summed E-state index contributed by atoms with van der Waals surface area (Å²) in [4.78, 5) is 15.3. The van der Waals surface area contributed by atoms with Crippen LogP contribution in [0.5, 0.6) is 0 Å². The molecular formula is C15H17F2N5O. The summed E-state index contributed by atoms with van der Waals surface area (Å²) in [5.74, 6) is -3.44. The van der Waals surface area contributed by atoms with E-state index in [9.17, 15) is 13.6 Å². The Morgan fingerprint density at radius 3 is 2.74 bits per heavy atom. The van der Waals surface area contributed by atoms with Gasteiger partial charge in [0.05, 0.1) is 23.6 Å². The number of amides is 1. The number of carbonyl (C=O) groups is 1. The molecule has 1 unspecified atom stereocenters. The van der Waals surface area contributed by atoms with Crippen molar-refractivity contribution in [2.75, 3.05) is 13.1 Å². The van der Waals surface area contributed by atoms with E-state index < -0.39 is 17.9 Å². The fourth-order valence-electron chi connectivity index (χ4n) is 2.85. The van der Waals surface area contributed by atoms with Gasteiger partial charge in [-0.2, -0.15) is 15.0 Å². The van der Waals surface area contributed by atoms with Gasteiger partial charge < -0.3 is 10.6 Å². The lowest BCUT2D eigenvalue weighted by Gasteiger charge is -2.27. The number of nitrogens with zero attached hydrogens (tertiary/aromatic N) is 4. The smallest absolute Gasteiger partial charge is 0.271 e. The predicted octanol–water partition coefficient (Wildman–Crippen LogP) is 1.38. The number of benzene rings is 1. The minimum atomic E-state index is -2.96. The van der Waals surface area contributed by atoms with Crippen LogP contribution in [0.3, 0.4) is 0 Å². The maximum absolute atomic E-state index is 13.9. The van der Waals surface area contributed by atoms with Crippen molar-refractivity contribution in [1.82, 2.24) is 19.9 Å². The molecule has 1 atom stereocenters. The summed E-state index contributed by atoms with van der Waals surface area (Å²) in [7, 11) is 0. The summed E-state index contributed by atoms with van der Waals surface area (Å²) in [5, 5.41) is 8.03. The molecule has 0 saturated carbocycles. The number of nitrogens with two attached hydrogens (primary N) is 1. The van der Waals surface area contributed by atoms with Gasteiger partial charge in [0.2, 0.25) is 0 Å². The van der Waals surface area contributed by atoms with Crippen LogP contribution in [-0.2, 0) is 0 Å². The molecule has 23 heavy (non-hydrogen) atoms. The number of carbonyl (C=O) groups excluding carboxylic acids is 1. The Labute approximate surface area is 131 Å². The molecule has 8 heteroatoms. The van der Waals surface area contributed by atoms with E-state index in [1.165, 1.54) is 17.2 Å². The van der Waals surface area contributed by atoms with Gasteiger partial charge in [0.25, 0.3) is 11.8 Å². The molecule has 0 spiro atoms. The molecule has 1 aliphatic heterocycles. The second kappa shape index (κ2) is 5.69. The topological polar surface area (TPSA) is 77.0 Å². The average Bonchev–Trinajstić information content (AvgIpc) is 3.13. The first-order valence-electron chi connectivity index (χ1n) is 7.30. The van der Waals surface area contributed by atoms with E-state index in [1.54, 1.807) is 12.1 Å². The quantitative estimate of drug-likeness (QED) is 0.926. The zero-order valence-electron chi connectivity index (χ0n) is 12.6. The van der Waals surface area contributed by atoms with Crippen LogP contribution >= 0.6 is 0 Å². The third-order valence-corrected chi connectivity index (χ3v) is 4.05. The van der Waals surface area contributed by atoms with E-state index in [0.717, 1.165) is 10.5 Å². The second-order valence-corrected chi connectivity index (χ2v) is 5.60. The van der Waals surface area contributed by atoms with Crippen molar-refractivity contribution >= 4 is 5.91 Å². The van der Waals surface area contributed by atoms with Gasteiger partial charge in [-0.15, -0.1) is 0 Å². The van der Waals surface area contributed by atoms with Crippen LogP contribution in [0.2, 0.25) is 0 Å². The minimum absolute atomic E-state index is 0.0202. The summed E-state index contributed by atoms with van der Waals surface area (Å²) in [5.41, 5.74) is 7.07. The highest BCUT2D eigenvalue weighted by Crippen LogP contribution is 2.34. The largest absolute Gasteiger partial charge is 0.328 e. The lowest BCUT2D eigenvalue weighted by Crippen LogP contribution is -2.47. The van der Waals surface area contributed by atoms with Gasteiger partial charge in [-0.05, 0) is 19.1 Å². The molecule has 3 rings (SSSR count). The van der Waals surface area contributed by atoms with Crippen molar-refractivity contribution in [2.45, 2.75) is 25.3 Å². The molecule has 2 heterocycles. The molecule has 0 radical (unpaired) electrons. The Bertz CT molecular complexity index is 717. The van der Waals surface area contributed by atoms with Gasteiger partial charge in [0, 0.05) is 19.5 Å². The monoisotopic (exact) mass is 321 g/mol. The highest BCUT2D eigenvalue weighted by atomic mass is 19.3. The predicted molar refractivity (Wildman–Crippen MR) is 79.5 cm³/mol. The lowest BCUT2D eigenvalue weighted by atomic mass is 10.1. The Morgan fingerprint density at radius 1 is 1.39 bits per heavy atom. The van der Waals surface area contributed by atoms with Crippen molar-refractivity contribution in [3.05, 3.63) is 41.7 Å². The third kappa shape index (κ3) is 2.70. The molecule has 122 valence electrons. The van der Waals surface area contributed by atoms with Gasteiger partial charge in [-0.1, -0.05) is 11.6 Å². The molecule has 1 amide bonds. The van der Waals surface area contributed by atoms with Crippen molar-refractivity contribution in [2.24, 2.45) is 5.73 Å². The van der Waals surface area contributed by atoms with Gasteiger partial charge in [-0.3, -0.25) is 4.79 Å².